The van der Waals surface area contributed by atoms with E-state index in [9.17, 15) is 0 Å². The summed E-state index contributed by atoms with van der Waals surface area (Å²) in [6, 6.07) is 0. The Morgan fingerprint density at radius 2 is 2.14 bits per heavy atom. The quantitative estimate of drug-likeness (QED) is 0.781. The molecule has 0 saturated heterocycles. The topological polar surface area (TPSA) is 37.8 Å². The number of rotatable bonds is 3. The smallest absolute Gasteiger partial charge is 0.144 e. The summed E-state index contributed by atoms with van der Waals surface area (Å²) in [5.74, 6) is 1.47. The van der Waals surface area contributed by atoms with Gasteiger partial charge in [0.15, 0.2) is 0 Å². The maximum atomic E-state index is 6.00. The molecule has 14 heavy (non-hydrogen) atoms. The largest absolute Gasteiger partial charge is 0.362 e. The highest BCUT2D eigenvalue weighted by atomic mass is 35.5. The molecule has 1 fully saturated rings. The fourth-order valence-corrected chi connectivity index (χ4v) is 2.31. The van der Waals surface area contributed by atoms with E-state index in [0.717, 1.165) is 18.7 Å². The fourth-order valence-electron chi connectivity index (χ4n) is 1.98. The zero-order chi connectivity index (χ0) is 9.86. The van der Waals surface area contributed by atoms with Crippen LogP contribution in [0.1, 0.15) is 25.7 Å². The molecule has 0 atom stereocenters. The molecule has 0 aliphatic heterocycles. The normalized spacial score (nSPS) is 19.5. The molecule has 0 bridgehead atoms. The van der Waals surface area contributed by atoms with Crippen LogP contribution in [0.4, 0.5) is 5.82 Å². The summed E-state index contributed by atoms with van der Waals surface area (Å²) >= 11 is 6.00. The number of aromatic nitrogens is 2. The Labute approximate surface area is 88.9 Å². The van der Waals surface area contributed by atoms with Gasteiger partial charge in [-0.1, -0.05) is 12.8 Å². The molecule has 1 aliphatic carbocycles. The number of hydrogen-bond acceptors (Lipinski definition) is 3. The summed E-state index contributed by atoms with van der Waals surface area (Å²) in [4.78, 5) is 8.23. The summed E-state index contributed by atoms with van der Waals surface area (Å²) in [5, 5.41) is 3.40. The van der Waals surface area contributed by atoms with Gasteiger partial charge in [-0.2, -0.15) is 0 Å². The van der Waals surface area contributed by atoms with Crippen molar-refractivity contribution in [2.45, 2.75) is 31.2 Å². The lowest BCUT2D eigenvalue weighted by atomic mass is 10.0. The van der Waals surface area contributed by atoms with Gasteiger partial charge in [0.2, 0.25) is 0 Å². The van der Waals surface area contributed by atoms with Crippen LogP contribution in [0.15, 0.2) is 18.6 Å². The molecule has 0 spiro atoms. The van der Waals surface area contributed by atoms with Crippen LogP contribution in [0.5, 0.6) is 0 Å². The van der Waals surface area contributed by atoms with Crippen molar-refractivity contribution in [1.29, 1.82) is 0 Å². The first kappa shape index (κ1) is 9.71. The third kappa shape index (κ3) is 1.98. The predicted octanol–water partition coefficient (Wildman–Crippen LogP) is 2.44. The van der Waals surface area contributed by atoms with Gasteiger partial charge in [-0.05, 0) is 12.8 Å². The van der Waals surface area contributed by atoms with Gasteiger partial charge in [0.1, 0.15) is 5.82 Å². The van der Waals surface area contributed by atoms with Crippen LogP contribution < -0.4 is 5.32 Å². The lowest BCUT2D eigenvalue weighted by Gasteiger charge is -2.28. The van der Waals surface area contributed by atoms with Crippen LogP contribution >= 0.6 is 11.6 Å². The van der Waals surface area contributed by atoms with Crippen molar-refractivity contribution in [2.24, 2.45) is 0 Å². The Kier molecular flexibility index (Phi) is 2.87. The molecule has 76 valence electrons. The fraction of sp³-hybridized carbons (Fsp3) is 0.600. The van der Waals surface area contributed by atoms with Crippen molar-refractivity contribution < 1.29 is 0 Å². The lowest BCUT2D eigenvalue weighted by Crippen LogP contribution is -2.37. The number of anilines is 1. The Bertz CT molecular complexity index is 283. The van der Waals surface area contributed by atoms with Gasteiger partial charge in [-0.15, -0.1) is 11.6 Å². The van der Waals surface area contributed by atoms with Crippen molar-refractivity contribution >= 4 is 17.4 Å². The van der Waals surface area contributed by atoms with Crippen molar-refractivity contribution in [3.8, 4) is 0 Å². The van der Waals surface area contributed by atoms with E-state index in [-0.39, 0.29) is 5.54 Å². The molecule has 3 nitrogen and oxygen atoms in total. The van der Waals surface area contributed by atoms with Gasteiger partial charge in [0.05, 0.1) is 11.7 Å². The van der Waals surface area contributed by atoms with E-state index < -0.39 is 0 Å². The predicted molar refractivity (Wildman–Crippen MR) is 57.6 cm³/mol. The van der Waals surface area contributed by atoms with Crippen molar-refractivity contribution in [2.75, 3.05) is 11.2 Å². The SMILES string of the molecule is ClCC1(Nc2cnccn2)CCCC1. The van der Waals surface area contributed by atoms with Crippen LogP contribution in [0.3, 0.4) is 0 Å². The molecule has 0 radical (unpaired) electrons. The third-order valence-corrected chi connectivity index (χ3v) is 3.28. The Morgan fingerprint density at radius 3 is 2.71 bits per heavy atom. The first-order valence-corrected chi connectivity index (χ1v) is 5.48. The molecule has 1 saturated carbocycles. The average Bonchev–Trinajstić information content (AvgIpc) is 2.69. The van der Waals surface area contributed by atoms with Gasteiger partial charge < -0.3 is 5.32 Å². The monoisotopic (exact) mass is 211 g/mol. The van der Waals surface area contributed by atoms with Crippen molar-refractivity contribution in [3.63, 3.8) is 0 Å². The van der Waals surface area contributed by atoms with Gasteiger partial charge in [-0.3, -0.25) is 4.98 Å². The molecule has 1 aliphatic rings. The molecule has 4 heteroatoms. The number of halogens is 1. The maximum Gasteiger partial charge on any atom is 0.144 e. The second-order valence-electron chi connectivity index (χ2n) is 3.84. The minimum atomic E-state index is 0.0532. The van der Waals surface area contributed by atoms with E-state index >= 15 is 0 Å². The Morgan fingerprint density at radius 1 is 1.36 bits per heavy atom. The second-order valence-corrected chi connectivity index (χ2v) is 4.10. The van der Waals surface area contributed by atoms with Crippen molar-refractivity contribution in [3.05, 3.63) is 18.6 Å². The van der Waals surface area contributed by atoms with E-state index in [1.165, 1.54) is 12.8 Å². The van der Waals surface area contributed by atoms with Crippen LogP contribution in [-0.4, -0.2) is 21.4 Å². The molecule has 1 heterocycles. The highest BCUT2D eigenvalue weighted by molar-refractivity contribution is 6.18. The Hall–Kier alpha value is -0.830. The first-order chi connectivity index (χ1) is 6.85. The average molecular weight is 212 g/mol. The molecule has 1 aromatic rings. The zero-order valence-corrected chi connectivity index (χ0v) is 8.80. The Balaban J connectivity index is 2.08. The molecule has 1 aromatic heterocycles. The van der Waals surface area contributed by atoms with Crippen LogP contribution in [-0.2, 0) is 0 Å². The number of hydrogen-bond donors (Lipinski definition) is 1. The molecule has 0 aromatic carbocycles. The number of alkyl halides is 1. The van der Waals surface area contributed by atoms with Gasteiger partial charge >= 0.3 is 0 Å². The van der Waals surface area contributed by atoms with Gasteiger partial charge in [-0.25, -0.2) is 4.98 Å². The third-order valence-electron chi connectivity index (χ3n) is 2.77. The van der Waals surface area contributed by atoms with E-state index in [1.54, 1.807) is 18.6 Å². The molecular weight excluding hydrogens is 198 g/mol. The standard InChI is InChI=1S/C10H14ClN3/c11-8-10(3-1-2-4-10)14-9-7-12-5-6-13-9/h5-7H,1-4,8H2,(H,13,14). The van der Waals surface area contributed by atoms with E-state index in [1.807, 2.05) is 0 Å². The number of nitrogens with one attached hydrogen (secondary N) is 1. The molecule has 2 rings (SSSR count). The second kappa shape index (κ2) is 4.13. The summed E-state index contributed by atoms with van der Waals surface area (Å²) in [6.45, 7) is 0. The molecule has 0 unspecified atom stereocenters. The van der Waals surface area contributed by atoms with E-state index in [0.29, 0.717) is 5.88 Å². The van der Waals surface area contributed by atoms with E-state index in [4.69, 9.17) is 11.6 Å². The molecular formula is C10H14ClN3. The van der Waals surface area contributed by atoms with Gasteiger partial charge in [0.25, 0.3) is 0 Å². The van der Waals surface area contributed by atoms with Crippen LogP contribution in [0, 0.1) is 0 Å². The first-order valence-electron chi connectivity index (χ1n) is 4.95. The molecule has 0 amide bonds. The van der Waals surface area contributed by atoms with Crippen LogP contribution in [0.2, 0.25) is 0 Å². The summed E-state index contributed by atoms with van der Waals surface area (Å²) in [5.41, 5.74) is 0.0532. The highest BCUT2D eigenvalue weighted by Crippen LogP contribution is 2.33. The minimum Gasteiger partial charge on any atom is -0.362 e. The van der Waals surface area contributed by atoms with Crippen molar-refractivity contribution in [1.82, 2.24) is 9.97 Å². The van der Waals surface area contributed by atoms with Crippen LogP contribution in [0.25, 0.3) is 0 Å². The number of nitrogens with zero attached hydrogens (tertiary/aromatic N) is 2. The maximum absolute atomic E-state index is 6.00. The summed E-state index contributed by atoms with van der Waals surface area (Å²) in [7, 11) is 0. The highest BCUT2D eigenvalue weighted by Gasteiger charge is 2.32. The summed E-state index contributed by atoms with van der Waals surface area (Å²) < 4.78 is 0. The summed E-state index contributed by atoms with van der Waals surface area (Å²) in [6.07, 6.45) is 9.87. The van der Waals surface area contributed by atoms with Gasteiger partial charge in [0, 0.05) is 18.3 Å². The van der Waals surface area contributed by atoms with E-state index in [2.05, 4.69) is 15.3 Å². The minimum absolute atomic E-state index is 0.0532. The lowest BCUT2D eigenvalue weighted by molar-refractivity contribution is 0.537. The molecule has 1 N–H and O–H groups in total. The zero-order valence-electron chi connectivity index (χ0n) is 8.04.